The Bertz CT molecular complexity index is 933. The van der Waals surface area contributed by atoms with Crippen molar-refractivity contribution in [2.75, 3.05) is 6.61 Å². The number of alkyl halides is 3. The lowest BCUT2D eigenvalue weighted by molar-refractivity contribution is -0.141. The molecule has 3 aliphatic rings. The van der Waals surface area contributed by atoms with Crippen LogP contribution in [0, 0.1) is 35.4 Å². The molecule has 1 aromatic rings. The average molecular weight is 535 g/mol. The molecule has 5 heteroatoms. The molecule has 212 valence electrons. The maximum Gasteiger partial charge on any atom is 0.422 e. The minimum atomic E-state index is -4.78. The zero-order chi connectivity index (χ0) is 27.1. The van der Waals surface area contributed by atoms with Gasteiger partial charge in [-0.15, -0.1) is 0 Å². The molecule has 0 bridgehead atoms. The molecule has 0 heterocycles. The Hall–Kier alpha value is -1.78. The Kier molecular flexibility index (Phi) is 10.4. The van der Waals surface area contributed by atoms with Crippen molar-refractivity contribution in [3.05, 3.63) is 53.4 Å². The number of ether oxygens (including phenoxy) is 1. The van der Waals surface area contributed by atoms with Crippen molar-refractivity contribution in [2.24, 2.45) is 29.6 Å². The van der Waals surface area contributed by atoms with Crippen LogP contribution in [0.4, 0.5) is 17.6 Å². The molecular formula is C33H46F4O. The van der Waals surface area contributed by atoms with Gasteiger partial charge in [0.05, 0.1) is 6.61 Å². The molecule has 4 rings (SSSR count). The minimum Gasteiger partial charge on any atom is -0.493 e. The molecule has 0 saturated heterocycles. The van der Waals surface area contributed by atoms with Gasteiger partial charge in [-0.25, -0.2) is 4.39 Å². The third kappa shape index (κ3) is 7.45. The number of hydrogen-bond donors (Lipinski definition) is 0. The molecule has 0 aromatic heterocycles. The summed E-state index contributed by atoms with van der Waals surface area (Å²) in [6.07, 6.45) is 17.8. The largest absolute Gasteiger partial charge is 0.493 e. The standard InChI is InChI=1S/C33H46F4O/c1-3-5-7-24-12-14-26(15-13-24)27-16-18-28(19-17-27)29-20-21-30(31(32(29)34)33(35,36)37)38-22-25-10-8-23(6-4-2)9-11-25/h4,6,12,14,20-21,23-28H,3,5,7-11,13,15-19,22H2,1-2H3/b6-4+. The molecule has 2 unspecified atom stereocenters. The van der Waals surface area contributed by atoms with Crippen LogP contribution in [0.25, 0.3) is 0 Å². The van der Waals surface area contributed by atoms with Crippen molar-refractivity contribution < 1.29 is 22.3 Å². The Morgan fingerprint density at radius 3 is 2.26 bits per heavy atom. The van der Waals surface area contributed by atoms with E-state index in [0.717, 1.165) is 51.4 Å². The van der Waals surface area contributed by atoms with E-state index in [0.29, 0.717) is 23.7 Å². The third-order valence-electron chi connectivity index (χ3n) is 9.49. The van der Waals surface area contributed by atoms with Crippen LogP contribution in [-0.2, 0) is 6.18 Å². The van der Waals surface area contributed by atoms with Gasteiger partial charge in [-0.1, -0.05) is 50.1 Å². The maximum absolute atomic E-state index is 15.5. The minimum absolute atomic E-state index is 0.159. The zero-order valence-corrected chi connectivity index (χ0v) is 23.2. The van der Waals surface area contributed by atoms with Gasteiger partial charge in [-0.2, -0.15) is 13.2 Å². The third-order valence-corrected chi connectivity index (χ3v) is 9.49. The second kappa shape index (κ2) is 13.5. The molecular weight excluding hydrogens is 488 g/mol. The summed E-state index contributed by atoms with van der Waals surface area (Å²) in [7, 11) is 0. The fourth-order valence-corrected chi connectivity index (χ4v) is 7.16. The molecule has 3 aliphatic carbocycles. The highest BCUT2D eigenvalue weighted by Gasteiger charge is 2.41. The number of rotatable bonds is 9. The predicted molar refractivity (Wildman–Crippen MR) is 147 cm³/mol. The SMILES string of the molecule is C/C=C/C1CCC(COc2ccc(C3CCC(C4C=CC(CCCC)CC4)CC3)c(F)c2C(F)(F)F)CC1. The van der Waals surface area contributed by atoms with E-state index in [1.807, 2.05) is 6.92 Å². The normalized spacial score (nSPS) is 30.6. The smallest absolute Gasteiger partial charge is 0.422 e. The summed E-state index contributed by atoms with van der Waals surface area (Å²) in [5.41, 5.74) is -0.998. The molecule has 38 heavy (non-hydrogen) atoms. The van der Waals surface area contributed by atoms with Gasteiger partial charge in [-0.3, -0.25) is 0 Å². The van der Waals surface area contributed by atoms with E-state index in [1.54, 1.807) is 6.07 Å². The summed E-state index contributed by atoms with van der Waals surface area (Å²) in [6, 6.07) is 2.94. The number of benzene rings is 1. The van der Waals surface area contributed by atoms with Gasteiger partial charge in [-0.05, 0) is 125 Å². The topological polar surface area (TPSA) is 9.23 Å². The van der Waals surface area contributed by atoms with Crippen LogP contribution in [0.15, 0.2) is 36.4 Å². The first-order valence-corrected chi connectivity index (χ1v) is 15.1. The Morgan fingerprint density at radius 2 is 1.66 bits per heavy atom. The van der Waals surface area contributed by atoms with E-state index in [-0.39, 0.29) is 29.8 Å². The molecule has 0 N–H and O–H groups in total. The Balaban J connectivity index is 1.37. The van der Waals surface area contributed by atoms with E-state index in [9.17, 15) is 13.2 Å². The fraction of sp³-hybridized carbons (Fsp3) is 0.697. The van der Waals surface area contributed by atoms with Gasteiger partial charge in [0.25, 0.3) is 0 Å². The van der Waals surface area contributed by atoms with Crippen LogP contribution in [0.3, 0.4) is 0 Å². The van der Waals surface area contributed by atoms with Gasteiger partial charge in [0, 0.05) is 0 Å². The van der Waals surface area contributed by atoms with E-state index < -0.39 is 17.6 Å². The molecule has 1 aromatic carbocycles. The van der Waals surface area contributed by atoms with Crippen molar-refractivity contribution in [3.63, 3.8) is 0 Å². The van der Waals surface area contributed by atoms with Crippen LogP contribution in [0.2, 0.25) is 0 Å². The van der Waals surface area contributed by atoms with Crippen molar-refractivity contribution in [1.29, 1.82) is 0 Å². The lowest BCUT2D eigenvalue weighted by Gasteiger charge is -2.35. The number of halogens is 4. The van der Waals surface area contributed by atoms with Crippen LogP contribution >= 0.6 is 0 Å². The fourth-order valence-electron chi connectivity index (χ4n) is 7.16. The predicted octanol–water partition coefficient (Wildman–Crippen LogP) is 10.7. The first kappa shape index (κ1) is 29.2. The van der Waals surface area contributed by atoms with E-state index in [4.69, 9.17) is 4.74 Å². The monoisotopic (exact) mass is 534 g/mol. The van der Waals surface area contributed by atoms with Gasteiger partial charge < -0.3 is 4.74 Å². The molecule has 0 amide bonds. The maximum atomic E-state index is 15.5. The molecule has 0 radical (unpaired) electrons. The average Bonchev–Trinajstić information content (AvgIpc) is 2.91. The molecule has 0 aliphatic heterocycles. The highest BCUT2D eigenvalue weighted by Crippen LogP contribution is 2.46. The van der Waals surface area contributed by atoms with E-state index >= 15 is 4.39 Å². The van der Waals surface area contributed by atoms with Crippen LogP contribution in [0.5, 0.6) is 5.75 Å². The van der Waals surface area contributed by atoms with Gasteiger partial charge in [0.2, 0.25) is 0 Å². The highest BCUT2D eigenvalue weighted by atomic mass is 19.4. The van der Waals surface area contributed by atoms with E-state index in [2.05, 4.69) is 31.2 Å². The summed E-state index contributed by atoms with van der Waals surface area (Å²) < 4.78 is 63.3. The van der Waals surface area contributed by atoms with E-state index in [1.165, 1.54) is 38.2 Å². The summed E-state index contributed by atoms with van der Waals surface area (Å²) in [5, 5.41) is 0. The lowest BCUT2D eigenvalue weighted by atomic mass is 9.70. The lowest BCUT2D eigenvalue weighted by Crippen LogP contribution is -2.24. The molecule has 1 nitrogen and oxygen atoms in total. The van der Waals surface area contributed by atoms with Crippen LogP contribution in [-0.4, -0.2) is 6.61 Å². The van der Waals surface area contributed by atoms with Gasteiger partial charge in [0.1, 0.15) is 17.1 Å². The second-order valence-corrected chi connectivity index (χ2v) is 12.1. The van der Waals surface area contributed by atoms with Crippen molar-refractivity contribution in [2.45, 2.75) is 109 Å². The summed E-state index contributed by atoms with van der Waals surface area (Å²) >= 11 is 0. The van der Waals surface area contributed by atoms with Crippen molar-refractivity contribution >= 4 is 0 Å². The summed E-state index contributed by atoms with van der Waals surface area (Å²) in [4.78, 5) is 0. The first-order valence-electron chi connectivity index (χ1n) is 15.1. The zero-order valence-electron chi connectivity index (χ0n) is 23.2. The van der Waals surface area contributed by atoms with Gasteiger partial charge >= 0.3 is 6.18 Å². The highest BCUT2D eigenvalue weighted by molar-refractivity contribution is 5.42. The Labute approximate surface area is 227 Å². The van der Waals surface area contributed by atoms with Crippen molar-refractivity contribution in [1.82, 2.24) is 0 Å². The molecule has 2 saturated carbocycles. The quantitative estimate of drug-likeness (QED) is 0.226. The second-order valence-electron chi connectivity index (χ2n) is 12.1. The molecule has 0 spiro atoms. The molecule has 2 fully saturated rings. The number of unbranched alkanes of at least 4 members (excludes halogenated alkanes) is 1. The van der Waals surface area contributed by atoms with Crippen LogP contribution < -0.4 is 4.74 Å². The molecule has 2 atom stereocenters. The summed E-state index contributed by atoms with van der Waals surface area (Å²) in [5.74, 6) is 0.953. The van der Waals surface area contributed by atoms with Crippen molar-refractivity contribution in [3.8, 4) is 5.75 Å². The Morgan fingerprint density at radius 1 is 0.921 bits per heavy atom. The van der Waals surface area contributed by atoms with Gasteiger partial charge in [0.15, 0.2) is 0 Å². The first-order chi connectivity index (χ1) is 18.3. The van der Waals surface area contributed by atoms with Crippen LogP contribution in [0.1, 0.15) is 114 Å². The number of allylic oxidation sites excluding steroid dienone is 4. The summed E-state index contributed by atoms with van der Waals surface area (Å²) in [6.45, 7) is 4.45. The number of hydrogen-bond acceptors (Lipinski definition) is 1.